The Morgan fingerprint density at radius 1 is 1.38 bits per heavy atom. The predicted molar refractivity (Wildman–Crippen MR) is 58.6 cm³/mol. The molecule has 3 heteroatoms. The number of piperidine rings is 1. The quantitative estimate of drug-likeness (QED) is 0.765. The summed E-state index contributed by atoms with van der Waals surface area (Å²) in [4.78, 5) is 0. The van der Waals surface area contributed by atoms with Crippen molar-refractivity contribution in [3.63, 3.8) is 0 Å². The minimum Gasteiger partial charge on any atom is -0.379 e. The van der Waals surface area contributed by atoms with Crippen LogP contribution in [0.2, 0.25) is 0 Å². The van der Waals surface area contributed by atoms with E-state index in [4.69, 9.17) is 4.74 Å². The summed E-state index contributed by atoms with van der Waals surface area (Å²) in [6.07, 6.45) is 5.63. The molecular formula is C10H22ClNO. The molecule has 0 spiro atoms. The summed E-state index contributed by atoms with van der Waals surface area (Å²) in [5.41, 5.74) is 0. The summed E-state index contributed by atoms with van der Waals surface area (Å²) in [7, 11) is 0. The van der Waals surface area contributed by atoms with Crippen molar-refractivity contribution in [2.45, 2.75) is 51.7 Å². The van der Waals surface area contributed by atoms with Crippen LogP contribution in [-0.4, -0.2) is 25.3 Å². The lowest BCUT2D eigenvalue weighted by Gasteiger charge is -2.23. The van der Waals surface area contributed by atoms with Crippen molar-refractivity contribution in [1.82, 2.24) is 5.32 Å². The van der Waals surface area contributed by atoms with Crippen LogP contribution in [0.3, 0.4) is 0 Å². The molecule has 1 saturated heterocycles. The fourth-order valence-corrected chi connectivity index (χ4v) is 1.62. The lowest BCUT2D eigenvalue weighted by Crippen LogP contribution is -2.34. The lowest BCUT2D eigenvalue weighted by molar-refractivity contribution is 0.0697. The minimum atomic E-state index is 0. The molecule has 1 aliphatic rings. The molecule has 1 rings (SSSR count). The Labute approximate surface area is 87.8 Å². The Hall–Kier alpha value is 0.210. The first-order valence-electron chi connectivity index (χ1n) is 5.14. The van der Waals surface area contributed by atoms with Crippen molar-refractivity contribution in [3.8, 4) is 0 Å². The molecule has 2 nitrogen and oxygen atoms in total. The molecule has 1 aliphatic heterocycles. The number of hydrogen-bond acceptors (Lipinski definition) is 2. The van der Waals surface area contributed by atoms with Crippen molar-refractivity contribution in [3.05, 3.63) is 0 Å². The largest absolute Gasteiger partial charge is 0.379 e. The van der Waals surface area contributed by atoms with E-state index in [0.29, 0.717) is 6.10 Å². The smallest absolute Gasteiger partial charge is 0.0518 e. The topological polar surface area (TPSA) is 21.3 Å². The third kappa shape index (κ3) is 6.30. The molecule has 1 atom stereocenters. The second-order valence-corrected chi connectivity index (χ2v) is 3.86. The Bertz CT molecular complexity index is 113. The van der Waals surface area contributed by atoms with Crippen LogP contribution in [0.1, 0.15) is 39.5 Å². The molecule has 0 aromatic carbocycles. The summed E-state index contributed by atoms with van der Waals surface area (Å²) in [6.45, 7) is 6.30. The van der Waals surface area contributed by atoms with Crippen LogP contribution < -0.4 is 5.32 Å². The van der Waals surface area contributed by atoms with Crippen LogP contribution in [0, 0.1) is 0 Å². The maximum atomic E-state index is 5.50. The van der Waals surface area contributed by atoms with Gasteiger partial charge in [-0.1, -0.05) is 6.42 Å². The summed E-state index contributed by atoms with van der Waals surface area (Å²) < 4.78 is 5.50. The van der Waals surface area contributed by atoms with E-state index >= 15 is 0 Å². The van der Waals surface area contributed by atoms with Crippen LogP contribution in [0.5, 0.6) is 0 Å². The van der Waals surface area contributed by atoms with Crippen LogP contribution >= 0.6 is 12.4 Å². The van der Waals surface area contributed by atoms with Gasteiger partial charge in [0.05, 0.1) is 6.10 Å². The average Bonchev–Trinajstić information content (AvgIpc) is 2.05. The highest BCUT2D eigenvalue weighted by Crippen LogP contribution is 2.10. The van der Waals surface area contributed by atoms with Crippen molar-refractivity contribution in [2.24, 2.45) is 0 Å². The normalized spacial score (nSPS) is 22.8. The first-order valence-corrected chi connectivity index (χ1v) is 5.14. The monoisotopic (exact) mass is 207 g/mol. The van der Waals surface area contributed by atoms with Gasteiger partial charge in [-0.15, -0.1) is 12.4 Å². The Morgan fingerprint density at radius 2 is 2.15 bits per heavy atom. The molecule has 0 amide bonds. The SMILES string of the molecule is CC(C)OCCC1CCCCN1.Cl. The van der Waals surface area contributed by atoms with E-state index in [0.717, 1.165) is 12.6 Å². The Morgan fingerprint density at radius 3 is 2.69 bits per heavy atom. The molecule has 0 saturated carbocycles. The van der Waals surface area contributed by atoms with E-state index < -0.39 is 0 Å². The Balaban J connectivity index is 0.00000144. The Kier molecular flexibility index (Phi) is 7.72. The van der Waals surface area contributed by atoms with Crippen LogP contribution in [0.15, 0.2) is 0 Å². The van der Waals surface area contributed by atoms with Gasteiger partial charge in [0, 0.05) is 12.6 Å². The zero-order valence-electron chi connectivity index (χ0n) is 8.71. The maximum Gasteiger partial charge on any atom is 0.0518 e. The summed E-state index contributed by atoms with van der Waals surface area (Å²) >= 11 is 0. The summed E-state index contributed by atoms with van der Waals surface area (Å²) in [5, 5.41) is 3.51. The molecule has 0 bridgehead atoms. The zero-order valence-corrected chi connectivity index (χ0v) is 9.53. The number of hydrogen-bond donors (Lipinski definition) is 1. The van der Waals surface area contributed by atoms with E-state index in [1.807, 2.05) is 0 Å². The van der Waals surface area contributed by atoms with Gasteiger partial charge in [-0.3, -0.25) is 0 Å². The highest BCUT2D eigenvalue weighted by molar-refractivity contribution is 5.85. The van der Waals surface area contributed by atoms with Crippen LogP contribution in [-0.2, 0) is 4.74 Å². The van der Waals surface area contributed by atoms with Crippen molar-refractivity contribution in [1.29, 1.82) is 0 Å². The molecule has 0 aromatic rings. The minimum absolute atomic E-state index is 0. The number of halogens is 1. The van der Waals surface area contributed by atoms with Gasteiger partial charge in [0.15, 0.2) is 0 Å². The van der Waals surface area contributed by atoms with Gasteiger partial charge in [0.1, 0.15) is 0 Å². The van der Waals surface area contributed by atoms with Gasteiger partial charge < -0.3 is 10.1 Å². The summed E-state index contributed by atoms with van der Waals surface area (Å²) in [5.74, 6) is 0. The second kappa shape index (κ2) is 7.60. The van der Waals surface area contributed by atoms with E-state index in [2.05, 4.69) is 19.2 Å². The van der Waals surface area contributed by atoms with E-state index in [1.165, 1.54) is 32.2 Å². The standard InChI is InChI=1S/C10H21NO.ClH/c1-9(2)12-8-6-10-5-3-4-7-11-10;/h9-11H,3-8H2,1-2H3;1H. The summed E-state index contributed by atoms with van der Waals surface area (Å²) in [6, 6.07) is 0.720. The highest BCUT2D eigenvalue weighted by atomic mass is 35.5. The molecule has 1 unspecified atom stereocenters. The van der Waals surface area contributed by atoms with Crippen molar-refractivity contribution >= 4 is 12.4 Å². The predicted octanol–water partition coefficient (Wildman–Crippen LogP) is 2.37. The van der Waals surface area contributed by atoms with E-state index in [1.54, 1.807) is 0 Å². The number of rotatable bonds is 4. The third-order valence-electron chi connectivity index (χ3n) is 2.33. The van der Waals surface area contributed by atoms with Crippen LogP contribution in [0.25, 0.3) is 0 Å². The van der Waals surface area contributed by atoms with Gasteiger partial charge in [0.2, 0.25) is 0 Å². The average molecular weight is 208 g/mol. The fraction of sp³-hybridized carbons (Fsp3) is 1.00. The van der Waals surface area contributed by atoms with Gasteiger partial charge in [-0.05, 0) is 39.7 Å². The second-order valence-electron chi connectivity index (χ2n) is 3.86. The van der Waals surface area contributed by atoms with Gasteiger partial charge in [-0.25, -0.2) is 0 Å². The third-order valence-corrected chi connectivity index (χ3v) is 2.33. The molecule has 0 aliphatic carbocycles. The number of nitrogens with one attached hydrogen (secondary N) is 1. The van der Waals surface area contributed by atoms with Gasteiger partial charge >= 0.3 is 0 Å². The lowest BCUT2D eigenvalue weighted by atomic mass is 10.0. The molecule has 0 aromatic heterocycles. The van der Waals surface area contributed by atoms with Gasteiger partial charge in [0.25, 0.3) is 0 Å². The maximum absolute atomic E-state index is 5.50. The first-order chi connectivity index (χ1) is 5.79. The fourth-order valence-electron chi connectivity index (χ4n) is 1.62. The first kappa shape index (κ1) is 13.2. The molecule has 80 valence electrons. The molecular weight excluding hydrogens is 186 g/mol. The molecule has 1 fully saturated rings. The van der Waals surface area contributed by atoms with Crippen LogP contribution in [0.4, 0.5) is 0 Å². The molecule has 1 heterocycles. The van der Waals surface area contributed by atoms with Crippen molar-refractivity contribution in [2.75, 3.05) is 13.2 Å². The molecule has 1 N–H and O–H groups in total. The van der Waals surface area contributed by atoms with Crippen molar-refractivity contribution < 1.29 is 4.74 Å². The van der Waals surface area contributed by atoms with Gasteiger partial charge in [-0.2, -0.15) is 0 Å². The van der Waals surface area contributed by atoms with E-state index in [9.17, 15) is 0 Å². The molecule has 0 radical (unpaired) electrons. The molecule has 13 heavy (non-hydrogen) atoms. The van der Waals surface area contributed by atoms with E-state index in [-0.39, 0.29) is 12.4 Å². The zero-order chi connectivity index (χ0) is 8.81. The highest BCUT2D eigenvalue weighted by Gasteiger charge is 2.11. The number of ether oxygens (including phenoxy) is 1.